The summed E-state index contributed by atoms with van der Waals surface area (Å²) in [5.74, 6) is -0.479. The summed E-state index contributed by atoms with van der Waals surface area (Å²) in [6.07, 6.45) is 3.02. The van der Waals surface area contributed by atoms with Crippen LogP contribution in [0.1, 0.15) is 15.9 Å². The van der Waals surface area contributed by atoms with Crippen molar-refractivity contribution in [1.82, 2.24) is 4.98 Å². The smallest absolute Gasteiger partial charge is 0.250 e. The van der Waals surface area contributed by atoms with Crippen molar-refractivity contribution in [3.8, 4) is 0 Å². The molecule has 0 aromatic carbocycles. The van der Waals surface area contributed by atoms with Gasteiger partial charge in [-0.25, -0.2) is 0 Å². The summed E-state index contributed by atoms with van der Waals surface area (Å²) >= 11 is 0. The summed E-state index contributed by atoms with van der Waals surface area (Å²) in [6.45, 7) is 0.369. The van der Waals surface area contributed by atoms with Crippen LogP contribution < -0.4 is 11.5 Å². The molecule has 0 atom stereocenters. The fraction of sp³-hybridized carbons (Fsp3) is 0.143. The van der Waals surface area contributed by atoms with E-state index in [1.54, 1.807) is 12.3 Å². The van der Waals surface area contributed by atoms with Crippen LogP contribution in [0.15, 0.2) is 18.5 Å². The van der Waals surface area contributed by atoms with Gasteiger partial charge >= 0.3 is 0 Å². The maximum Gasteiger partial charge on any atom is 0.250 e. The molecule has 1 heterocycles. The molecule has 0 unspecified atom stereocenters. The van der Waals surface area contributed by atoms with Crippen molar-refractivity contribution in [3.05, 3.63) is 29.6 Å². The van der Waals surface area contributed by atoms with Crippen molar-refractivity contribution in [1.29, 1.82) is 0 Å². The molecule has 58 valence electrons. The molecule has 1 amide bonds. The van der Waals surface area contributed by atoms with Crippen LogP contribution in [0, 0.1) is 0 Å². The van der Waals surface area contributed by atoms with Crippen molar-refractivity contribution in [3.63, 3.8) is 0 Å². The number of nitrogens with zero attached hydrogens (tertiary/aromatic N) is 1. The Kier molecular flexibility index (Phi) is 2.18. The highest BCUT2D eigenvalue weighted by atomic mass is 16.1. The lowest BCUT2D eigenvalue weighted by atomic mass is 10.2. The Hall–Kier alpha value is -1.42. The van der Waals surface area contributed by atoms with Gasteiger partial charge in [0.05, 0.1) is 5.56 Å². The van der Waals surface area contributed by atoms with Gasteiger partial charge in [-0.15, -0.1) is 0 Å². The topological polar surface area (TPSA) is 82.0 Å². The van der Waals surface area contributed by atoms with E-state index in [1.807, 2.05) is 0 Å². The van der Waals surface area contributed by atoms with Gasteiger partial charge in [0, 0.05) is 18.9 Å². The van der Waals surface area contributed by atoms with Gasteiger partial charge in [-0.2, -0.15) is 0 Å². The van der Waals surface area contributed by atoms with Crippen molar-refractivity contribution in [2.75, 3.05) is 0 Å². The van der Waals surface area contributed by atoms with Gasteiger partial charge in [0.2, 0.25) is 5.91 Å². The van der Waals surface area contributed by atoms with Crippen LogP contribution in [0.3, 0.4) is 0 Å². The Morgan fingerprint density at radius 3 is 2.82 bits per heavy atom. The highest BCUT2D eigenvalue weighted by Crippen LogP contribution is 1.99. The molecule has 0 radical (unpaired) electrons. The molecule has 4 heteroatoms. The van der Waals surface area contributed by atoms with E-state index in [1.165, 1.54) is 6.20 Å². The van der Waals surface area contributed by atoms with Crippen LogP contribution >= 0.6 is 0 Å². The van der Waals surface area contributed by atoms with E-state index in [4.69, 9.17) is 11.5 Å². The summed E-state index contributed by atoms with van der Waals surface area (Å²) in [6, 6.07) is 1.63. The monoisotopic (exact) mass is 151 g/mol. The average Bonchev–Trinajstić information content (AvgIpc) is 2.05. The zero-order valence-corrected chi connectivity index (χ0v) is 5.95. The van der Waals surface area contributed by atoms with Crippen LogP contribution in [-0.4, -0.2) is 10.9 Å². The number of hydrogen-bond donors (Lipinski definition) is 2. The molecule has 4 N–H and O–H groups in total. The molecule has 0 bridgehead atoms. The SMILES string of the molecule is NCc1cncc(C(N)=O)c1. The van der Waals surface area contributed by atoms with E-state index in [9.17, 15) is 4.79 Å². The Morgan fingerprint density at radius 2 is 2.27 bits per heavy atom. The molecular weight excluding hydrogens is 142 g/mol. The van der Waals surface area contributed by atoms with Crippen LogP contribution in [0.4, 0.5) is 0 Å². The highest BCUT2D eigenvalue weighted by molar-refractivity contribution is 5.92. The first-order valence-electron chi connectivity index (χ1n) is 3.18. The summed E-state index contributed by atoms with van der Waals surface area (Å²) in [5.41, 5.74) is 11.5. The predicted octanol–water partition coefficient (Wildman–Crippen LogP) is -0.361. The van der Waals surface area contributed by atoms with Crippen LogP contribution in [0.2, 0.25) is 0 Å². The molecule has 0 aliphatic rings. The lowest BCUT2D eigenvalue weighted by molar-refractivity contribution is 0.1000. The first-order valence-corrected chi connectivity index (χ1v) is 3.18. The molecule has 0 aliphatic heterocycles. The number of carbonyl (C=O) groups excluding carboxylic acids is 1. The first-order chi connectivity index (χ1) is 5.24. The molecule has 0 aliphatic carbocycles. The number of nitrogens with two attached hydrogens (primary N) is 2. The lowest BCUT2D eigenvalue weighted by Gasteiger charge is -1.97. The minimum atomic E-state index is -0.479. The number of amides is 1. The van der Waals surface area contributed by atoms with Gasteiger partial charge in [0.25, 0.3) is 0 Å². The molecule has 1 aromatic heterocycles. The number of hydrogen-bond acceptors (Lipinski definition) is 3. The second-order valence-electron chi connectivity index (χ2n) is 2.15. The van der Waals surface area contributed by atoms with Crippen LogP contribution in [-0.2, 0) is 6.54 Å². The normalized spacial score (nSPS) is 9.55. The van der Waals surface area contributed by atoms with Gasteiger partial charge in [-0.3, -0.25) is 9.78 Å². The van der Waals surface area contributed by atoms with Gasteiger partial charge in [0.1, 0.15) is 0 Å². The molecule has 0 saturated heterocycles. The van der Waals surface area contributed by atoms with E-state index >= 15 is 0 Å². The van der Waals surface area contributed by atoms with Gasteiger partial charge in [0.15, 0.2) is 0 Å². The second kappa shape index (κ2) is 3.12. The van der Waals surface area contributed by atoms with E-state index in [2.05, 4.69) is 4.98 Å². The summed E-state index contributed by atoms with van der Waals surface area (Å²) in [4.78, 5) is 14.4. The van der Waals surface area contributed by atoms with Gasteiger partial charge in [-0.1, -0.05) is 0 Å². The van der Waals surface area contributed by atoms with Crippen LogP contribution in [0.5, 0.6) is 0 Å². The standard InChI is InChI=1S/C7H9N3O/c8-2-5-1-6(7(9)11)4-10-3-5/h1,3-4H,2,8H2,(H2,9,11). The van der Waals surface area contributed by atoms with Crippen molar-refractivity contribution < 1.29 is 4.79 Å². The summed E-state index contributed by atoms with van der Waals surface area (Å²) in [7, 11) is 0. The number of carbonyl (C=O) groups is 1. The molecule has 4 nitrogen and oxygen atoms in total. The van der Waals surface area contributed by atoms with Crippen LogP contribution in [0.25, 0.3) is 0 Å². The zero-order valence-electron chi connectivity index (χ0n) is 5.95. The second-order valence-corrected chi connectivity index (χ2v) is 2.15. The number of primary amides is 1. The fourth-order valence-corrected chi connectivity index (χ4v) is 0.734. The van der Waals surface area contributed by atoms with Crippen molar-refractivity contribution in [2.45, 2.75) is 6.54 Å². The minimum Gasteiger partial charge on any atom is -0.366 e. The molecule has 0 saturated carbocycles. The number of pyridine rings is 1. The fourth-order valence-electron chi connectivity index (χ4n) is 0.734. The van der Waals surface area contributed by atoms with Crippen molar-refractivity contribution in [2.24, 2.45) is 11.5 Å². The Bertz CT molecular complexity index is 272. The minimum absolute atomic E-state index is 0.369. The molecule has 1 aromatic rings. The van der Waals surface area contributed by atoms with E-state index in [0.717, 1.165) is 5.56 Å². The third-order valence-electron chi connectivity index (χ3n) is 1.32. The molecule has 1 rings (SSSR count). The maximum absolute atomic E-state index is 10.6. The van der Waals surface area contributed by atoms with Gasteiger partial charge in [-0.05, 0) is 11.6 Å². The Balaban J connectivity index is 3.01. The molecule has 0 fully saturated rings. The van der Waals surface area contributed by atoms with Gasteiger partial charge < -0.3 is 11.5 Å². The van der Waals surface area contributed by atoms with Crippen molar-refractivity contribution >= 4 is 5.91 Å². The van der Waals surface area contributed by atoms with E-state index in [0.29, 0.717) is 12.1 Å². The maximum atomic E-state index is 10.6. The first kappa shape index (κ1) is 7.68. The summed E-state index contributed by atoms with van der Waals surface area (Å²) in [5, 5.41) is 0. The highest BCUT2D eigenvalue weighted by Gasteiger charge is 1.99. The summed E-state index contributed by atoms with van der Waals surface area (Å²) < 4.78 is 0. The molecule has 0 spiro atoms. The van der Waals surface area contributed by atoms with E-state index < -0.39 is 5.91 Å². The quantitative estimate of drug-likeness (QED) is 0.605. The Labute approximate surface area is 64.2 Å². The average molecular weight is 151 g/mol. The third-order valence-corrected chi connectivity index (χ3v) is 1.32. The Morgan fingerprint density at radius 1 is 1.55 bits per heavy atom. The zero-order chi connectivity index (χ0) is 8.27. The lowest BCUT2D eigenvalue weighted by Crippen LogP contribution is -2.12. The predicted molar refractivity (Wildman–Crippen MR) is 40.6 cm³/mol. The molecule has 11 heavy (non-hydrogen) atoms. The number of rotatable bonds is 2. The largest absolute Gasteiger partial charge is 0.366 e. The number of aromatic nitrogens is 1. The van der Waals surface area contributed by atoms with E-state index in [-0.39, 0.29) is 0 Å². The third kappa shape index (κ3) is 1.75. The molecular formula is C7H9N3O.